The van der Waals surface area contributed by atoms with E-state index in [9.17, 15) is 34.8 Å². The highest BCUT2D eigenvalue weighted by Gasteiger charge is 2.58. The maximum atomic E-state index is 12.2. The van der Waals surface area contributed by atoms with E-state index in [-0.39, 0.29) is 6.15 Å². The molecule has 4 N–H and O–H groups in total. The van der Waals surface area contributed by atoms with Crippen molar-refractivity contribution in [1.29, 1.82) is 0 Å². The topological polar surface area (TPSA) is 89.4 Å². The summed E-state index contributed by atoms with van der Waals surface area (Å²) >= 11 is 0. The second kappa shape index (κ2) is 4.99. The lowest BCUT2D eigenvalue weighted by molar-refractivity contribution is -0.148. The molecule has 94 valence electrons. The number of halogens is 6. The molecule has 0 saturated heterocycles. The van der Waals surface area contributed by atoms with Crippen molar-refractivity contribution in [1.82, 2.24) is 6.15 Å². The Morgan fingerprint density at radius 2 is 1.40 bits per heavy atom. The van der Waals surface area contributed by atoms with Crippen molar-refractivity contribution in [2.24, 2.45) is 0 Å². The van der Waals surface area contributed by atoms with Crippen LogP contribution in [0.3, 0.4) is 0 Å². The lowest BCUT2D eigenvalue weighted by atomic mass is 10.2. The third-order valence-electron chi connectivity index (χ3n) is 1.15. The van der Waals surface area contributed by atoms with Crippen LogP contribution in [0.5, 0.6) is 0 Å². The van der Waals surface area contributed by atoms with Gasteiger partial charge < -0.3 is 6.15 Å². The van der Waals surface area contributed by atoms with Crippen LogP contribution < -0.4 is 6.15 Å². The van der Waals surface area contributed by atoms with Crippen LogP contribution in [-0.4, -0.2) is 37.0 Å². The third-order valence-corrected chi connectivity index (χ3v) is 1.99. The van der Waals surface area contributed by atoms with Crippen molar-refractivity contribution < 1.29 is 39.3 Å². The Labute approximate surface area is 80.6 Å². The highest BCUT2D eigenvalue weighted by atomic mass is 32.2. The van der Waals surface area contributed by atoms with Gasteiger partial charge in [0.1, 0.15) is 0 Å². The number of alkyl halides is 6. The summed E-state index contributed by atoms with van der Waals surface area (Å²) in [5, 5.41) is 0. The van der Waals surface area contributed by atoms with Crippen molar-refractivity contribution in [3.05, 3.63) is 0 Å². The highest BCUT2D eigenvalue weighted by molar-refractivity contribution is 7.86. The first kappa shape index (κ1) is 16.9. The SMILES string of the molecule is N.O=S(=O)(O)C(F)C(F)(F)C(F)C(F)F. The van der Waals surface area contributed by atoms with Crippen LogP contribution in [0.1, 0.15) is 0 Å². The molecule has 0 spiro atoms. The van der Waals surface area contributed by atoms with Crippen molar-refractivity contribution in [3.8, 4) is 0 Å². The molecule has 0 aromatic carbocycles. The third kappa shape index (κ3) is 3.83. The Morgan fingerprint density at radius 3 is 1.60 bits per heavy atom. The molecule has 0 radical (unpaired) electrons. The molecular formula is C4H7F6NO3S. The van der Waals surface area contributed by atoms with Gasteiger partial charge in [-0.2, -0.15) is 17.2 Å². The Balaban J connectivity index is 0. The summed E-state index contributed by atoms with van der Waals surface area (Å²) in [6.45, 7) is 0. The van der Waals surface area contributed by atoms with Crippen molar-refractivity contribution in [2.75, 3.05) is 0 Å². The summed E-state index contributed by atoms with van der Waals surface area (Å²) in [6.07, 6.45) is -8.57. The second-order valence-electron chi connectivity index (χ2n) is 2.24. The summed E-state index contributed by atoms with van der Waals surface area (Å²) < 4.78 is 98.6. The molecule has 0 aromatic rings. The zero-order valence-corrected chi connectivity index (χ0v) is 7.70. The fraction of sp³-hybridized carbons (Fsp3) is 1.00. The van der Waals surface area contributed by atoms with Crippen molar-refractivity contribution in [2.45, 2.75) is 24.0 Å². The smallest absolute Gasteiger partial charge is 0.331 e. The Hall–Kier alpha value is -0.550. The lowest BCUT2D eigenvalue weighted by Gasteiger charge is -2.21. The van der Waals surface area contributed by atoms with Gasteiger partial charge in [0.2, 0.25) is 6.17 Å². The molecule has 0 aliphatic carbocycles. The van der Waals surface area contributed by atoms with Crippen LogP contribution >= 0.6 is 0 Å². The van der Waals surface area contributed by atoms with E-state index in [4.69, 9.17) is 4.55 Å². The van der Waals surface area contributed by atoms with Gasteiger partial charge in [0.15, 0.2) is 0 Å². The van der Waals surface area contributed by atoms with Gasteiger partial charge in [-0.1, -0.05) is 0 Å². The van der Waals surface area contributed by atoms with Gasteiger partial charge in [0.25, 0.3) is 11.9 Å². The minimum absolute atomic E-state index is 0. The number of hydrogen-bond donors (Lipinski definition) is 2. The van der Waals surface area contributed by atoms with Gasteiger partial charge in [-0.05, 0) is 0 Å². The average molecular weight is 263 g/mol. The molecular weight excluding hydrogens is 256 g/mol. The first-order chi connectivity index (χ1) is 6.01. The normalized spacial score (nSPS) is 17.1. The molecule has 0 fully saturated rings. The molecule has 0 amide bonds. The molecule has 4 nitrogen and oxygen atoms in total. The minimum Gasteiger partial charge on any atom is -0.344 e. The zero-order chi connectivity index (χ0) is 11.7. The van der Waals surface area contributed by atoms with Crippen molar-refractivity contribution >= 4 is 10.1 Å². The molecule has 0 heterocycles. The van der Waals surface area contributed by atoms with Gasteiger partial charge in [-0.25, -0.2) is 17.6 Å². The highest BCUT2D eigenvalue weighted by Crippen LogP contribution is 2.33. The van der Waals surface area contributed by atoms with Crippen LogP contribution in [0.15, 0.2) is 0 Å². The summed E-state index contributed by atoms with van der Waals surface area (Å²) in [5.74, 6) is -5.50. The van der Waals surface area contributed by atoms with Gasteiger partial charge >= 0.3 is 16.0 Å². The summed E-state index contributed by atoms with van der Waals surface area (Å²) in [6, 6.07) is 0. The fourth-order valence-corrected chi connectivity index (χ4v) is 1.02. The number of rotatable bonds is 4. The molecule has 0 bridgehead atoms. The van der Waals surface area contributed by atoms with Gasteiger partial charge in [0, 0.05) is 0 Å². The van der Waals surface area contributed by atoms with Crippen molar-refractivity contribution in [3.63, 3.8) is 0 Å². The number of hydrogen-bond acceptors (Lipinski definition) is 3. The van der Waals surface area contributed by atoms with Gasteiger partial charge in [-0.3, -0.25) is 4.55 Å². The molecule has 15 heavy (non-hydrogen) atoms. The molecule has 2 atom stereocenters. The average Bonchev–Trinajstić information content (AvgIpc) is 1.99. The summed E-state index contributed by atoms with van der Waals surface area (Å²) in [5.41, 5.74) is -4.42. The molecule has 2 unspecified atom stereocenters. The zero-order valence-electron chi connectivity index (χ0n) is 6.88. The Morgan fingerprint density at radius 1 is 1.07 bits per heavy atom. The molecule has 0 aliphatic heterocycles. The minimum atomic E-state index is -5.93. The van der Waals surface area contributed by atoms with Gasteiger partial charge in [0.05, 0.1) is 0 Å². The Kier molecular flexibility index (Phi) is 5.60. The van der Waals surface area contributed by atoms with Crippen LogP contribution in [0.2, 0.25) is 0 Å². The molecule has 0 rings (SSSR count). The molecule has 0 aliphatic rings. The van der Waals surface area contributed by atoms with Gasteiger partial charge in [-0.15, -0.1) is 0 Å². The maximum absolute atomic E-state index is 12.2. The predicted octanol–water partition coefficient (Wildman–Crippen LogP) is 1.57. The van der Waals surface area contributed by atoms with E-state index < -0.39 is 34.1 Å². The standard InChI is InChI=1S/C4H4F6O3S.H3N/c5-1(2(6)7)4(9,10)3(8)14(11,12)13;/h1-3H,(H,11,12,13);1H3. The van der Waals surface area contributed by atoms with Crippen LogP contribution in [-0.2, 0) is 10.1 Å². The summed E-state index contributed by atoms with van der Waals surface area (Å²) in [7, 11) is -5.93. The molecule has 0 saturated carbocycles. The van der Waals surface area contributed by atoms with Crippen LogP contribution in [0, 0.1) is 0 Å². The molecule has 11 heteroatoms. The van der Waals surface area contributed by atoms with E-state index in [0.29, 0.717) is 0 Å². The predicted molar refractivity (Wildman–Crippen MR) is 37.3 cm³/mol. The lowest BCUT2D eigenvalue weighted by Crippen LogP contribution is -2.47. The largest absolute Gasteiger partial charge is 0.344 e. The van der Waals surface area contributed by atoms with E-state index in [1.165, 1.54) is 0 Å². The van der Waals surface area contributed by atoms with E-state index in [0.717, 1.165) is 0 Å². The molecule has 0 aromatic heterocycles. The van der Waals surface area contributed by atoms with E-state index in [2.05, 4.69) is 0 Å². The maximum Gasteiger partial charge on any atom is 0.331 e. The van der Waals surface area contributed by atoms with E-state index in [1.54, 1.807) is 0 Å². The Bertz CT molecular complexity index is 293. The summed E-state index contributed by atoms with van der Waals surface area (Å²) in [4.78, 5) is 0. The van der Waals surface area contributed by atoms with E-state index in [1.807, 2.05) is 0 Å². The first-order valence-electron chi connectivity index (χ1n) is 2.91. The first-order valence-corrected chi connectivity index (χ1v) is 4.42. The fourth-order valence-electron chi connectivity index (χ4n) is 0.492. The second-order valence-corrected chi connectivity index (χ2v) is 3.69. The monoisotopic (exact) mass is 263 g/mol. The van der Waals surface area contributed by atoms with E-state index >= 15 is 0 Å². The van der Waals surface area contributed by atoms with Crippen LogP contribution in [0.4, 0.5) is 26.3 Å². The van der Waals surface area contributed by atoms with Crippen LogP contribution in [0.25, 0.3) is 0 Å². The quantitative estimate of drug-likeness (QED) is 0.595.